The maximum Gasteiger partial charge on any atom is 0.377 e. The van der Waals surface area contributed by atoms with Crippen LogP contribution in [0.4, 0.5) is 0 Å². The molecule has 1 heterocycles. The van der Waals surface area contributed by atoms with Gasteiger partial charge in [0.15, 0.2) is 0 Å². The van der Waals surface area contributed by atoms with E-state index in [-0.39, 0.29) is 10.7 Å². The zero-order valence-electron chi connectivity index (χ0n) is 6.03. The summed E-state index contributed by atoms with van der Waals surface area (Å²) in [5, 5.41) is 0. The largest absolute Gasteiger partial charge is 1.00 e. The first-order valence-corrected chi connectivity index (χ1v) is 2.94. The molecule has 3 nitrogen and oxygen atoms in total. The first-order chi connectivity index (χ1) is 4.79. The van der Waals surface area contributed by atoms with Gasteiger partial charge in [-0.15, -0.1) is 0 Å². The molecule has 0 saturated carbocycles. The van der Waals surface area contributed by atoms with Gasteiger partial charge >= 0.3 is 5.97 Å². The molecule has 11 heavy (non-hydrogen) atoms. The second kappa shape index (κ2) is 4.38. The molecule has 0 bridgehead atoms. The molecule has 0 atom stereocenters. The van der Waals surface area contributed by atoms with E-state index in [9.17, 15) is 4.79 Å². The van der Waals surface area contributed by atoms with Gasteiger partial charge in [-0.3, -0.25) is 0 Å². The molecular weight excluding hydrogens is 149 g/mol. The van der Waals surface area contributed by atoms with Gasteiger partial charge in [0, 0.05) is 23.8 Å². The molecular formula is C7H8FNO2. The Morgan fingerprint density at radius 3 is 2.27 bits per heavy atom. The molecule has 1 rings (SSSR count). The highest BCUT2D eigenvalue weighted by Gasteiger charge is 2.00. The Morgan fingerprint density at radius 2 is 1.82 bits per heavy atom. The number of hydrogen-bond donors (Lipinski definition) is 0. The summed E-state index contributed by atoms with van der Waals surface area (Å²) < 4.78 is 1.35. The molecule has 60 valence electrons. The molecule has 0 N–H and O–H groups in total. The molecule has 0 fully saturated rings. The molecule has 1 aromatic heterocycles. The Hall–Kier alpha value is -1.45. The summed E-state index contributed by atoms with van der Waals surface area (Å²) in [6.07, 6.45) is 3.31. The quantitative estimate of drug-likeness (QED) is 0.405. The predicted octanol–water partition coefficient (Wildman–Crippen LogP) is -3.05. The Balaban J connectivity index is 0.000001000. The van der Waals surface area contributed by atoms with Gasteiger partial charge in [-0.25, -0.2) is 4.79 Å². The van der Waals surface area contributed by atoms with E-state index >= 15 is 0 Å². The van der Waals surface area contributed by atoms with Gasteiger partial charge in [0.1, 0.15) is 0 Å². The molecule has 0 aliphatic heterocycles. The number of rotatable bonds is 1. The molecule has 0 radical (unpaired) electrons. The van der Waals surface area contributed by atoms with Crippen LogP contribution in [0.5, 0.6) is 0 Å². The van der Waals surface area contributed by atoms with Crippen LogP contribution in [0.3, 0.4) is 0 Å². The average Bonchev–Trinajstić information content (AvgIpc) is 1.88. The van der Waals surface area contributed by atoms with Crippen molar-refractivity contribution in [2.75, 3.05) is 0 Å². The number of halogens is 1. The van der Waals surface area contributed by atoms with Gasteiger partial charge in [-0.2, -0.15) is 4.84 Å². The summed E-state index contributed by atoms with van der Waals surface area (Å²) >= 11 is 0. The summed E-state index contributed by atoms with van der Waals surface area (Å²) in [6, 6.07) is 5.41. The molecule has 0 unspecified atom stereocenters. The topological polar surface area (TPSA) is 30.2 Å². The van der Waals surface area contributed by atoms with Crippen LogP contribution in [-0.2, 0) is 4.79 Å². The number of aromatic nitrogens is 1. The van der Waals surface area contributed by atoms with E-state index in [1.54, 1.807) is 24.5 Å². The molecule has 0 spiro atoms. The predicted molar refractivity (Wildman–Crippen MR) is 33.9 cm³/mol. The van der Waals surface area contributed by atoms with Crippen LogP contribution in [0.25, 0.3) is 0 Å². The van der Waals surface area contributed by atoms with Gasteiger partial charge in [0.2, 0.25) is 12.4 Å². The van der Waals surface area contributed by atoms with Crippen molar-refractivity contribution in [2.24, 2.45) is 0 Å². The summed E-state index contributed by atoms with van der Waals surface area (Å²) in [5.74, 6) is -0.323. The molecule has 0 amide bonds. The van der Waals surface area contributed by atoms with Crippen LogP contribution >= 0.6 is 0 Å². The third kappa shape index (κ3) is 3.30. The van der Waals surface area contributed by atoms with E-state index in [1.807, 2.05) is 6.07 Å². The lowest BCUT2D eigenvalue weighted by atomic mass is 10.5. The molecule has 0 aromatic carbocycles. The first kappa shape index (κ1) is 9.55. The third-order valence-electron chi connectivity index (χ3n) is 0.922. The fraction of sp³-hybridized carbons (Fsp3) is 0.143. The van der Waals surface area contributed by atoms with Gasteiger partial charge in [-0.1, -0.05) is 6.07 Å². The van der Waals surface area contributed by atoms with E-state index in [0.717, 1.165) is 0 Å². The number of nitrogens with zero attached hydrogens (tertiary/aromatic N) is 1. The Labute approximate surface area is 63.5 Å². The van der Waals surface area contributed by atoms with E-state index in [4.69, 9.17) is 4.84 Å². The Morgan fingerprint density at radius 1 is 1.27 bits per heavy atom. The highest BCUT2D eigenvalue weighted by Crippen LogP contribution is 1.74. The van der Waals surface area contributed by atoms with Gasteiger partial charge in [0.05, 0.1) is 0 Å². The molecule has 1 aromatic rings. The van der Waals surface area contributed by atoms with E-state index in [0.29, 0.717) is 0 Å². The van der Waals surface area contributed by atoms with Crippen LogP contribution in [0.2, 0.25) is 0 Å². The molecule has 0 aliphatic rings. The summed E-state index contributed by atoms with van der Waals surface area (Å²) in [7, 11) is 0. The van der Waals surface area contributed by atoms with Crippen LogP contribution in [0.1, 0.15) is 6.92 Å². The third-order valence-corrected chi connectivity index (χ3v) is 0.922. The zero-order chi connectivity index (χ0) is 7.40. The smallest absolute Gasteiger partial charge is 0.377 e. The monoisotopic (exact) mass is 157 g/mol. The number of carbonyl (C=O) groups excluding carboxylic acids is 1. The van der Waals surface area contributed by atoms with Crippen LogP contribution in [-0.4, -0.2) is 5.97 Å². The minimum Gasteiger partial charge on any atom is -1.00 e. The van der Waals surface area contributed by atoms with E-state index in [2.05, 4.69) is 0 Å². The van der Waals surface area contributed by atoms with Crippen LogP contribution in [0.15, 0.2) is 30.6 Å². The highest BCUT2D eigenvalue weighted by molar-refractivity contribution is 5.65. The van der Waals surface area contributed by atoms with Crippen molar-refractivity contribution in [1.82, 2.24) is 0 Å². The fourth-order valence-electron chi connectivity index (χ4n) is 0.592. The Bertz CT molecular complexity index is 225. The van der Waals surface area contributed by atoms with Gasteiger partial charge in [-0.05, 0) is 0 Å². The maximum absolute atomic E-state index is 10.4. The number of carbonyl (C=O) groups is 1. The lowest BCUT2D eigenvalue weighted by molar-refractivity contribution is -0.869. The van der Waals surface area contributed by atoms with Crippen LogP contribution < -0.4 is 14.3 Å². The molecule has 0 saturated heterocycles. The van der Waals surface area contributed by atoms with Crippen molar-refractivity contribution in [3.63, 3.8) is 0 Å². The van der Waals surface area contributed by atoms with Crippen molar-refractivity contribution in [3.8, 4) is 0 Å². The average molecular weight is 157 g/mol. The number of hydrogen-bond acceptors (Lipinski definition) is 2. The summed E-state index contributed by atoms with van der Waals surface area (Å²) in [4.78, 5) is 15.1. The van der Waals surface area contributed by atoms with Crippen LogP contribution in [0, 0.1) is 0 Å². The normalized spacial score (nSPS) is 8.09. The molecule has 4 heteroatoms. The van der Waals surface area contributed by atoms with Gasteiger partial charge < -0.3 is 4.70 Å². The van der Waals surface area contributed by atoms with Crippen molar-refractivity contribution in [1.29, 1.82) is 0 Å². The standard InChI is InChI=1S/C7H8NO2.FH/c1-7(9)10-8-5-3-2-4-6-8;/h2-6H,1H3;1H/q+1;/p-1. The highest BCUT2D eigenvalue weighted by atomic mass is 19.0. The van der Waals surface area contributed by atoms with Crippen molar-refractivity contribution >= 4 is 5.97 Å². The zero-order valence-corrected chi connectivity index (χ0v) is 6.03. The SMILES string of the molecule is CC(=O)O[n+]1ccccc1.[F-]. The lowest BCUT2D eigenvalue weighted by Gasteiger charge is -1.88. The number of pyridine rings is 1. The van der Waals surface area contributed by atoms with E-state index in [1.165, 1.54) is 11.7 Å². The second-order valence-corrected chi connectivity index (χ2v) is 1.82. The summed E-state index contributed by atoms with van der Waals surface area (Å²) in [5.41, 5.74) is 0. The second-order valence-electron chi connectivity index (χ2n) is 1.82. The van der Waals surface area contributed by atoms with Gasteiger partial charge in [0.25, 0.3) is 0 Å². The fourth-order valence-corrected chi connectivity index (χ4v) is 0.592. The van der Waals surface area contributed by atoms with E-state index < -0.39 is 0 Å². The van der Waals surface area contributed by atoms with Crippen molar-refractivity contribution in [2.45, 2.75) is 6.92 Å². The lowest BCUT2D eigenvalue weighted by Crippen LogP contribution is -3.00. The minimum atomic E-state index is -0.323. The first-order valence-electron chi connectivity index (χ1n) is 2.94. The maximum atomic E-state index is 10.4. The Kier molecular flexibility index (Phi) is 3.80. The summed E-state index contributed by atoms with van der Waals surface area (Å²) in [6.45, 7) is 1.36. The molecule has 0 aliphatic carbocycles. The van der Waals surface area contributed by atoms with Crippen molar-refractivity contribution in [3.05, 3.63) is 30.6 Å². The minimum absolute atomic E-state index is 0. The van der Waals surface area contributed by atoms with Crippen molar-refractivity contribution < 1.29 is 19.1 Å².